The molecule has 1 fully saturated rings. The molecule has 1 aromatic heterocycles. The number of aromatic nitrogens is 1. The highest BCUT2D eigenvalue weighted by Crippen LogP contribution is 2.21. The Labute approximate surface area is 129 Å². The van der Waals surface area contributed by atoms with Gasteiger partial charge in [-0.1, -0.05) is 0 Å². The first-order valence-corrected chi connectivity index (χ1v) is 6.87. The molecule has 4 nitrogen and oxygen atoms in total. The van der Waals surface area contributed by atoms with Crippen LogP contribution in [-0.4, -0.2) is 29.5 Å². The van der Waals surface area contributed by atoms with Crippen molar-refractivity contribution < 1.29 is 8.81 Å². The van der Waals surface area contributed by atoms with E-state index in [1.807, 2.05) is 0 Å². The molecular formula is C15H19ClFN3O. The lowest BCUT2D eigenvalue weighted by Gasteiger charge is -2.13. The predicted octanol–water partition coefficient (Wildman–Crippen LogP) is 2.68. The molecule has 0 spiro atoms. The van der Waals surface area contributed by atoms with Gasteiger partial charge in [-0.05, 0) is 49.7 Å². The van der Waals surface area contributed by atoms with E-state index in [4.69, 9.17) is 10.2 Å². The third-order valence-corrected chi connectivity index (χ3v) is 3.73. The van der Waals surface area contributed by atoms with Crippen molar-refractivity contribution in [2.45, 2.75) is 13.0 Å². The molecule has 21 heavy (non-hydrogen) atoms. The van der Waals surface area contributed by atoms with Crippen LogP contribution in [0.2, 0.25) is 0 Å². The Kier molecular flexibility index (Phi) is 5.33. The van der Waals surface area contributed by atoms with Crippen LogP contribution >= 0.6 is 12.4 Å². The lowest BCUT2D eigenvalue weighted by Crippen LogP contribution is -2.22. The third-order valence-electron chi connectivity index (χ3n) is 3.73. The summed E-state index contributed by atoms with van der Waals surface area (Å²) in [6, 6.07) is 6.16. The molecule has 1 aliphatic rings. The monoisotopic (exact) mass is 311 g/mol. The average molecular weight is 312 g/mol. The number of halogens is 2. The summed E-state index contributed by atoms with van der Waals surface area (Å²) in [4.78, 5) is 6.80. The first-order chi connectivity index (χ1) is 9.74. The SMILES string of the molecule is Cl.NCC1CCN(Cc2coc(-c3ccc(F)cc3)n2)C1. The largest absolute Gasteiger partial charge is 0.444 e. The molecule has 1 aliphatic heterocycles. The van der Waals surface area contributed by atoms with E-state index in [0.29, 0.717) is 11.8 Å². The molecule has 114 valence electrons. The van der Waals surface area contributed by atoms with Gasteiger partial charge in [0.1, 0.15) is 12.1 Å². The Balaban J connectivity index is 0.00000161. The lowest BCUT2D eigenvalue weighted by atomic mass is 10.1. The molecule has 0 saturated carbocycles. The molecule has 1 saturated heterocycles. The third kappa shape index (κ3) is 3.81. The van der Waals surface area contributed by atoms with Crippen molar-refractivity contribution in [2.75, 3.05) is 19.6 Å². The molecule has 1 atom stereocenters. The van der Waals surface area contributed by atoms with E-state index in [9.17, 15) is 4.39 Å². The van der Waals surface area contributed by atoms with Gasteiger partial charge in [0.25, 0.3) is 0 Å². The number of nitrogens with zero attached hydrogens (tertiary/aromatic N) is 2. The van der Waals surface area contributed by atoms with Crippen LogP contribution in [0.25, 0.3) is 11.5 Å². The van der Waals surface area contributed by atoms with E-state index >= 15 is 0 Å². The van der Waals surface area contributed by atoms with Gasteiger partial charge >= 0.3 is 0 Å². The molecule has 0 radical (unpaired) electrons. The summed E-state index contributed by atoms with van der Waals surface area (Å²) < 4.78 is 18.3. The number of hydrogen-bond donors (Lipinski definition) is 1. The van der Waals surface area contributed by atoms with E-state index in [1.54, 1.807) is 18.4 Å². The zero-order valence-corrected chi connectivity index (χ0v) is 12.5. The van der Waals surface area contributed by atoms with Crippen LogP contribution in [0.4, 0.5) is 4.39 Å². The van der Waals surface area contributed by atoms with Crippen molar-refractivity contribution in [3.05, 3.63) is 42.0 Å². The van der Waals surface area contributed by atoms with Crippen molar-refractivity contribution in [3.63, 3.8) is 0 Å². The van der Waals surface area contributed by atoms with E-state index in [0.717, 1.165) is 43.9 Å². The van der Waals surface area contributed by atoms with Gasteiger partial charge in [0.05, 0.1) is 5.69 Å². The van der Waals surface area contributed by atoms with Crippen LogP contribution in [-0.2, 0) is 6.54 Å². The quantitative estimate of drug-likeness (QED) is 0.943. The summed E-state index contributed by atoms with van der Waals surface area (Å²) in [5, 5.41) is 0. The number of oxazole rings is 1. The Morgan fingerprint density at radius 3 is 2.76 bits per heavy atom. The topological polar surface area (TPSA) is 55.3 Å². The second kappa shape index (κ2) is 7.02. The van der Waals surface area contributed by atoms with Crippen molar-refractivity contribution >= 4 is 12.4 Å². The fourth-order valence-electron chi connectivity index (χ4n) is 2.58. The Morgan fingerprint density at radius 2 is 2.10 bits per heavy atom. The normalized spacial score (nSPS) is 18.7. The van der Waals surface area contributed by atoms with Gasteiger partial charge in [-0.15, -0.1) is 12.4 Å². The second-order valence-electron chi connectivity index (χ2n) is 5.28. The van der Waals surface area contributed by atoms with E-state index in [1.165, 1.54) is 12.1 Å². The maximum absolute atomic E-state index is 12.9. The smallest absolute Gasteiger partial charge is 0.226 e. The molecule has 0 aliphatic carbocycles. The molecule has 3 rings (SSSR count). The molecule has 2 aromatic rings. The number of likely N-dealkylation sites (tertiary alicyclic amines) is 1. The highest BCUT2D eigenvalue weighted by Gasteiger charge is 2.22. The van der Waals surface area contributed by atoms with Crippen molar-refractivity contribution in [1.29, 1.82) is 0 Å². The fraction of sp³-hybridized carbons (Fsp3) is 0.400. The van der Waals surface area contributed by atoms with Crippen LogP contribution in [0.5, 0.6) is 0 Å². The second-order valence-corrected chi connectivity index (χ2v) is 5.28. The van der Waals surface area contributed by atoms with E-state index < -0.39 is 0 Å². The Bertz CT molecular complexity index is 573. The van der Waals surface area contributed by atoms with Crippen LogP contribution < -0.4 is 5.73 Å². The molecule has 6 heteroatoms. The molecule has 2 N–H and O–H groups in total. The van der Waals surface area contributed by atoms with Crippen molar-refractivity contribution in [3.8, 4) is 11.5 Å². The predicted molar refractivity (Wildman–Crippen MR) is 81.6 cm³/mol. The van der Waals surface area contributed by atoms with Crippen LogP contribution in [0, 0.1) is 11.7 Å². The zero-order valence-electron chi connectivity index (χ0n) is 11.7. The number of rotatable bonds is 4. The van der Waals surface area contributed by atoms with Gasteiger partial charge in [0, 0.05) is 18.7 Å². The highest BCUT2D eigenvalue weighted by atomic mass is 35.5. The van der Waals surface area contributed by atoms with Gasteiger partial charge < -0.3 is 10.2 Å². The number of nitrogens with two attached hydrogens (primary N) is 1. The van der Waals surface area contributed by atoms with E-state index in [-0.39, 0.29) is 18.2 Å². The molecule has 1 unspecified atom stereocenters. The maximum atomic E-state index is 12.9. The molecular weight excluding hydrogens is 293 g/mol. The summed E-state index contributed by atoms with van der Waals surface area (Å²) >= 11 is 0. The van der Waals surface area contributed by atoms with Crippen molar-refractivity contribution in [2.24, 2.45) is 11.7 Å². The van der Waals surface area contributed by atoms with Gasteiger partial charge in [-0.3, -0.25) is 4.90 Å². The summed E-state index contributed by atoms with van der Waals surface area (Å²) in [5.74, 6) is 0.874. The van der Waals surface area contributed by atoms with E-state index in [2.05, 4.69) is 9.88 Å². The van der Waals surface area contributed by atoms with Gasteiger partial charge in [0.15, 0.2) is 0 Å². The summed E-state index contributed by atoms with van der Waals surface area (Å²) in [6.45, 7) is 3.60. The van der Waals surface area contributed by atoms with Crippen molar-refractivity contribution in [1.82, 2.24) is 9.88 Å². The maximum Gasteiger partial charge on any atom is 0.226 e. The summed E-state index contributed by atoms with van der Waals surface area (Å²) in [5.41, 5.74) is 7.39. The number of hydrogen-bond acceptors (Lipinski definition) is 4. The minimum Gasteiger partial charge on any atom is -0.444 e. The standard InChI is InChI=1S/C15H18FN3O.ClH/c16-13-3-1-12(2-4-13)15-18-14(10-20-15)9-19-6-5-11(7-17)8-19;/h1-4,10-11H,5-9,17H2;1H. The fourth-order valence-corrected chi connectivity index (χ4v) is 2.58. The van der Waals surface area contributed by atoms with Crippen LogP contribution in [0.1, 0.15) is 12.1 Å². The minimum atomic E-state index is -0.259. The molecule has 2 heterocycles. The first-order valence-electron chi connectivity index (χ1n) is 6.87. The van der Waals surface area contributed by atoms with Gasteiger partial charge in [-0.2, -0.15) is 0 Å². The Morgan fingerprint density at radius 1 is 1.33 bits per heavy atom. The molecule has 1 aromatic carbocycles. The minimum absolute atomic E-state index is 0. The number of benzene rings is 1. The first kappa shape index (κ1) is 15.9. The highest BCUT2D eigenvalue weighted by molar-refractivity contribution is 5.85. The zero-order chi connectivity index (χ0) is 13.9. The molecule has 0 bridgehead atoms. The summed E-state index contributed by atoms with van der Waals surface area (Å²) in [6.07, 6.45) is 2.83. The van der Waals surface area contributed by atoms with Crippen LogP contribution in [0.15, 0.2) is 34.9 Å². The molecule has 0 amide bonds. The van der Waals surface area contributed by atoms with Crippen LogP contribution in [0.3, 0.4) is 0 Å². The lowest BCUT2D eigenvalue weighted by molar-refractivity contribution is 0.313. The summed E-state index contributed by atoms with van der Waals surface area (Å²) in [7, 11) is 0. The Hall–Kier alpha value is -1.43. The van der Waals surface area contributed by atoms with Gasteiger partial charge in [-0.25, -0.2) is 9.37 Å². The van der Waals surface area contributed by atoms with Gasteiger partial charge in [0.2, 0.25) is 5.89 Å². The average Bonchev–Trinajstić information content (AvgIpc) is 3.09.